The van der Waals surface area contributed by atoms with Crippen molar-refractivity contribution in [2.24, 2.45) is 0 Å². The monoisotopic (exact) mass is 234 g/mol. The molecule has 0 fully saturated rings. The van der Waals surface area contributed by atoms with Crippen LogP contribution in [0.2, 0.25) is 5.22 Å². The summed E-state index contributed by atoms with van der Waals surface area (Å²) in [6, 6.07) is 3.65. The summed E-state index contributed by atoms with van der Waals surface area (Å²) >= 11 is 7.43. The number of hydrogen-bond acceptors (Lipinski definition) is 3. The maximum absolute atomic E-state index is 9.03. The van der Waals surface area contributed by atoms with Crippen LogP contribution in [0.15, 0.2) is 16.5 Å². The molecule has 0 saturated carbocycles. The van der Waals surface area contributed by atoms with E-state index in [0.29, 0.717) is 5.22 Å². The molecule has 1 heterocycles. The van der Waals surface area contributed by atoms with E-state index in [1.807, 2.05) is 13.0 Å². The largest absolute Gasteiger partial charge is 0.449 e. The Morgan fingerprint density at radius 1 is 1.57 bits per heavy atom. The Morgan fingerprint density at radius 2 is 2.36 bits per heavy atom. The van der Waals surface area contributed by atoms with Gasteiger partial charge in [-0.25, -0.2) is 0 Å². The van der Waals surface area contributed by atoms with E-state index in [2.05, 4.69) is 0 Å². The van der Waals surface area contributed by atoms with E-state index in [-0.39, 0.29) is 6.10 Å². The van der Waals surface area contributed by atoms with Gasteiger partial charge in [0.2, 0.25) is 0 Å². The minimum atomic E-state index is -0.186. The Labute approximate surface area is 93.6 Å². The molecule has 1 rings (SSSR count). The highest BCUT2D eigenvalue weighted by atomic mass is 35.5. The predicted molar refractivity (Wildman–Crippen MR) is 60.8 cm³/mol. The van der Waals surface area contributed by atoms with Gasteiger partial charge in [-0.15, -0.1) is 0 Å². The SMILES string of the molecule is CC(O)CCCSCc1ccc(Cl)o1. The zero-order valence-electron chi connectivity index (χ0n) is 8.20. The van der Waals surface area contributed by atoms with Gasteiger partial charge in [-0.3, -0.25) is 0 Å². The lowest BCUT2D eigenvalue weighted by atomic mass is 10.2. The molecule has 1 aromatic heterocycles. The van der Waals surface area contributed by atoms with Gasteiger partial charge in [0.1, 0.15) is 5.76 Å². The van der Waals surface area contributed by atoms with Crippen LogP contribution in [0, 0.1) is 0 Å². The third kappa shape index (κ3) is 4.94. The molecule has 1 aromatic rings. The lowest BCUT2D eigenvalue weighted by Gasteiger charge is -2.02. The van der Waals surface area contributed by atoms with E-state index in [1.54, 1.807) is 17.8 Å². The number of aliphatic hydroxyl groups excluding tert-OH is 1. The quantitative estimate of drug-likeness (QED) is 0.767. The standard InChI is InChI=1S/C10H15ClO2S/c1-8(12)3-2-6-14-7-9-4-5-10(11)13-9/h4-5,8,12H,2-3,6-7H2,1H3. The van der Waals surface area contributed by atoms with Crippen LogP contribution in [-0.4, -0.2) is 17.0 Å². The molecule has 80 valence electrons. The van der Waals surface area contributed by atoms with Crippen LogP contribution in [-0.2, 0) is 5.75 Å². The second-order valence-corrected chi connectivity index (χ2v) is 4.73. The Balaban J connectivity index is 2.04. The van der Waals surface area contributed by atoms with Crippen molar-refractivity contribution in [2.45, 2.75) is 31.6 Å². The number of halogens is 1. The molecule has 0 radical (unpaired) electrons. The van der Waals surface area contributed by atoms with Crippen LogP contribution >= 0.6 is 23.4 Å². The number of hydrogen-bond donors (Lipinski definition) is 1. The average molecular weight is 235 g/mol. The van der Waals surface area contributed by atoms with E-state index in [4.69, 9.17) is 21.1 Å². The fourth-order valence-electron chi connectivity index (χ4n) is 1.08. The summed E-state index contributed by atoms with van der Waals surface area (Å²) in [5, 5.41) is 9.48. The first-order chi connectivity index (χ1) is 6.68. The second-order valence-electron chi connectivity index (χ2n) is 3.25. The summed E-state index contributed by atoms with van der Waals surface area (Å²) in [7, 11) is 0. The van der Waals surface area contributed by atoms with Gasteiger partial charge in [0.25, 0.3) is 0 Å². The minimum Gasteiger partial charge on any atom is -0.449 e. The normalized spacial score (nSPS) is 13.1. The van der Waals surface area contributed by atoms with Crippen LogP contribution in [0.5, 0.6) is 0 Å². The van der Waals surface area contributed by atoms with Crippen molar-refractivity contribution >= 4 is 23.4 Å². The van der Waals surface area contributed by atoms with Gasteiger partial charge in [-0.1, -0.05) is 0 Å². The zero-order valence-corrected chi connectivity index (χ0v) is 9.77. The maximum atomic E-state index is 9.03. The molecular weight excluding hydrogens is 220 g/mol. The van der Waals surface area contributed by atoms with E-state index in [0.717, 1.165) is 30.1 Å². The second kappa shape index (κ2) is 6.38. The lowest BCUT2D eigenvalue weighted by Crippen LogP contribution is -1.99. The molecular formula is C10H15ClO2S. The molecule has 0 spiro atoms. The van der Waals surface area contributed by atoms with Gasteiger partial charge in [-0.05, 0) is 49.3 Å². The third-order valence-electron chi connectivity index (χ3n) is 1.78. The molecule has 0 saturated heterocycles. The molecule has 0 aromatic carbocycles. The first-order valence-corrected chi connectivity index (χ1v) is 6.22. The van der Waals surface area contributed by atoms with Crippen molar-refractivity contribution in [3.63, 3.8) is 0 Å². The molecule has 0 bridgehead atoms. The van der Waals surface area contributed by atoms with E-state index in [9.17, 15) is 0 Å². The average Bonchev–Trinajstić information content (AvgIpc) is 2.50. The molecule has 0 aliphatic carbocycles. The molecule has 14 heavy (non-hydrogen) atoms. The topological polar surface area (TPSA) is 33.4 Å². The van der Waals surface area contributed by atoms with Gasteiger partial charge >= 0.3 is 0 Å². The summed E-state index contributed by atoms with van der Waals surface area (Å²) in [4.78, 5) is 0. The summed E-state index contributed by atoms with van der Waals surface area (Å²) in [5.41, 5.74) is 0. The molecule has 1 unspecified atom stereocenters. The molecule has 0 aliphatic heterocycles. The smallest absolute Gasteiger partial charge is 0.193 e. The number of thioether (sulfide) groups is 1. The van der Waals surface area contributed by atoms with E-state index < -0.39 is 0 Å². The Hall–Kier alpha value is -0.120. The Bertz CT molecular complexity index is 260. The van der Waals surface area contributed by atoms with Crippen LogP contribution < -0.4 is 0 Å². The molecule has 1 N–H and O–H groups in total. The van der Waals surface area contributed by atoms with Gasteiger partial charge in [0.15, 0.2) is 5.22 Å². The van der Waals surface area contributed by atoms with Gasteiger partial charge in [0.05, 0.1) is 11.9 Å². The highest BCUT2D eigenvalue weighted by Crippen LogP contribution is 2.19. The van der Waals surface area contributed by atoms with Crippen molar-refractivity contribution < 1.29 is 9.52 Å². The highest BCUT2D eigenvalue weighted by molar-refractivity contribution is 7.98. The van der Waals surface area contributed by atoms with Crippen molar-refractivity contribution in [2.75, 3.05) is 5.75 Å². The predicted octanol–water partition coefficient (Wildman–Crippen LogP) is 3.33. The van der Waals surface area contributed by atoms with Gasteiger partial charge < -0.3 is 9.52 Å². The summed E-state index contributed by atoms with van der Waals surface area (Å²) < 4.78 is 5.21. The molecule has 2 nitrogen and oxygen atoms in total. The molecule has 0 amide bonds. The summed E-state index contributed by atoms with van der Waals surface area (Å²) in [6.07, 6.45) is 1.72. The van der Waals surface area contributed by atoms with E-state index in [1.165, 1.54) is 0 Å². The van der Waals surface area contributed by atoms with Crippen molar-refractivity contribution in [1.82, 2.24) is 0 Å². The molecule has 1 atom stereocenters. The van der Waals surface area contributed by atoms with Gasteiger partial charge in [0, 0.05) is 0 Å². The fraction of sp³-hybridized carbons (Fsp3) is 0.600. The first kappa shape index (κ1) is 12.0. The fourth-order valence-corrected chi connectivity index (χ4v) is 2.12. The van der Waals surface area contributed by atoms with Crippen LogP contribution in [0.25, 0.3) is 0 Å². The summed E-state index contributed by atoms with van der Waals surface area (Å²) in [5.74, 6) is 2.81. The van der Waals surface area contributed by atoms with Crippen LogP contribution in [0.3, 0.4) is 0 Å². The van der Waals surface area contributed by atoms with Crippen LogP contribution in [0.1, 0.15) is 25.5 Å². The highest BCUT2D eigenvalue weighted by Gasteiger charge is 2.00. The molecule has 4 heteroatoms. The number of rotatable bonds is 6. The van der Waals surface area contributed by atoms with Crippen molar-refractivity contribution in [3.8, 4) is 0 Å². The number of furan rings is 1. The maximum Gasteiger partial charge on any atom is 0.193 e. The number of aliphatic hydroxyl groups is 1. The lowest BCUT2D eigenvalue weighted by molar-refractivity contribution is 0.184. The summed E-state index contributed by atoms with van der Waals surface area (Å²) in [6.45, 7) is 1.82. The Morgan fingerprint density at radius 3 is 2.93 bits per heavy atom. The van der Waals surface area contributed by atoms with E-state index >= 15 is 0 Å². The minimum absolute atomic E-state index is 0.186. The van der Waals surface area contributed by atoms with Crippen molar-refractivity contribution in [3.05, 3.63) is 23.1 Å². The van der Waals surface area contributed by atoms with Crippen molar-refractivity contribution in [1.29, 1.82) is 0 Å². The Kier molecular flexibility index (Phi) is 5.45. The van der Waals surface area contributed by atoms with Gasteiger partial charge in [-0.2, -0.15) is 11.8 Å². The third-order valence-corrected chi connectivity index (χ3v) is 3.05. The zero-order chi connectivity index (χ0) is 10.4. The molecule has 0 aliphatic rings. The first-order valence-electron chi connectivity index (χ1n) is 4.68. The van der Waals surface area contributed by atoms with Crippen LogP contribution in [0.4, 0.5) is 0 Å².